The molecule has 2 aromatic carbocycles. The molecular weight excluding hydrogens is 483 g/mol. The van der Waals surface area contributed by atoms with Crippen molar-refractivity contribution in [2.45, 2.75) is 77.7 Å². The first-order valence-corrected chi connectivity index (χ1v) is 13.3. The number of carbonyl (C=O) groups excluding carboxylic acids is 2. The van der Waals surface area contributed by atoms with Crippen molar-refractivity contribution in [1.82, 2.24) is 20.2 Å². The van der Waals surface area contributed by atoms with Crippen LogP contribution in [0.25, 0.3) is 21.8 Å². The lowest BCUT2D eigenvalue weighted by Crippen LogP contribution is -2.51. The SMILES string of the molecule is COC(=O)N[C@H](C(=O)N1CCC[C@H]1c1nc2c(ccc3cc(B4OC(C)(C)C(C)(C)O4)ccc32)[nH]1)C(C)C. The van der Waals surface area contributed by atoms with E-state index in [4.69, 9.17) is 19.0 Å². The van der Waals surface area contributed by atoms with Crippen molar-refractivity contribution in [3.8, 4) is 0 Å². The summed E-state index contributed by atoms with van der Waals surface area (Å²) < 4.78 is 17.2. The fourth-order valence-electron chi connectivity index (χ4n) is 5.32. The number of benzene rings is 2. The molecule has 0 bridgehead atoms. The van der Waals surface area contributed by atoms with Gasteiger partial charge in [0.05, 0.1) is 35.4 Å². The van der Waals surface area contributed by atoms with Crippen LogP contribution in [0.2, 0.25) is 0 Å². The van der Waals surface area contributed by atoms with Crippen molar-refractivity contribution in [2.24, 2.45) is 5.92 Å². The minimum absolute atomic E-state index is 0.0827. The molecule has 1 aromatic heterocycles. The van der Waals surface area contributed by atoms with Crippen LogP contribution >= 0.6 is 0 Å². The summed E-state index contributed by atoms with van der Waals surface area (Å²) in [7, 11) is 0.868. The van der Waals surface area contributed by atoms with Gasteiger partial charge in [-0.3, -0.25) is 4.79 Å². The van der Waals surface area contributed by atoms with Crippen LogP contribution in [0.1, 0.15) is 66.3 Å². The fourth-order valence-corrected chi connectivity index (χ4v) is 5.32. The molecule has 0 aliphatic carbocycles. The number of aromatic nitrogens is 2. The summed E-state index contributed by atoms with van der Waals surface area (Å²) in [5.41, 5.74) is 1.95. The number of ether oxygens (including phenoxy) is 1. The lowest BCUT2D eigenvalue weighted by molar-refractivity contribution is -0.135. The zero-order chi connectivity index (χ0) is 27.4. The Morgan fingerprint density at radius 3 is 2.53 bits per heavy atom. The Morgan fingerprint density at radius 2 is 1.87 bits per heavy atom. The number of rotatable bonds is 5. The second-order valence-electron chi connectivity index (χ2n) is 11.7. The standard InChI is InChI=1S/C28H37BN4O5/c1-16(2)22(32-26(35)36-7)25(34)33-14-8-9-21(33)24-30-20-13-10-17-15-18(11-12-19(17)23(20)31-24)29-37-27(3,4)28(5,6)38-29/h10-13,15-16,21-22H,8-9,14H2,1-7H3,(H,30,31)(H,32,35)/t21-,22-/m0/s1. The van der Waals surface area contributed by atoms with Crippen LogP contribution in [0.15, 0.2) is 30.3 Å². The number of methoxy groups -OCH3 is 1. The molecule has 2 atom stereocenters. The first-order chi connectivity index (χ1) is 17.9. The summed E-state index contributed by atoms with van der Waals surface area (Å²) in [4.78, 5) is 35.6. The van der Waals surface area contributed by atoms with Gasteiger partial charge in [0.15, 0.2) is 0 Å². The smallest absolute Gasteiger partial charge is 0.453 e. The van der Waals surface area contributed by atoms with E-state index in [9.17, 15) is 9.59 Å². The third-order valence-electron chi connectivity index (χ3n) is 8.28. The van der Waals surface area contributed by atoms with Crippen molar-refractivity contribution >= 4 is 46.4 Å². The average Bonchev–Trinajstić information content (AvgIpc) is 3.57. The molecule has 5 rings (SSSR count). The summed E-state index contributed by atoms with van der Waals surface area (Å²) in [6.07, 6.45) is 1.07. The number of hydrogen-bond acceptors (Lipinski definition) is 6. The van der Waals surface area contributed by atoms with E-state index in [0.717, 1.165) is 45.9 Å². The Hall–Kier alpha value is -3.11. The molecule has 0 unspecified atom stereocenters. The minimum Gasteiger partial charge on any atom is -0.453 e. The van der Waals surface area contributed by atoms with Crippen LogP contribution in [0.4, 0.5) is 4.79 Å². The number of likely N-dealkylation sites (tertiary alicyclic amines) is 1. The number of nitrogens with zero attached hydrogens (tertiary/aromatic N) is 2. The number of H-pyrrole nitrogens is 1. The minimum atomic E-state index is -0.665. The van der Waals surface area contributed by atoms with Crippen LogP contribution in [0.5, 0.6) is 0 Å². The molecule has 3 aromatic rings. The van der Waals surface area contributed by atoms with Gasteiger partial charge in [0.25, 0.3) is 0 Å². The number of hydrogen-bond donors (Lipinski definition) is 2. The van der Waals surface area contributed by atoms with E-state index < -0.39 is 30.5 Å². The van der Waals surface area contributed by atoms with Gasteiger partial charge >= 0.3 is 13.2 Å². The molecule has 2 fully saturated rings. The predicted molar refractivity (Wildman–Crippen MR) is 147 cm³/mol. The molecule has 2 amide bonds. The van der Waals surface area contributed by atoms with Gasteiger partial charge in [-0.2, -0.15) is 0 Å². The second-order valence-corrected chi connectivity index (χ2v) is 11.7. The monoisotopic (exact) mass is 520 g/mol. The quantitative estimate of drug-likeness (QED) is 0.492. The highest BCUT2D eigenvalue weighted by molar-refractivity contribution is 6.62. The summed E-state index contributed by atoms with van der Waals surface area (Å²) in [6, 6.07) is 9.45. The molecule has 2 aliphatic heterocycles. The molecule has 2 N–H and O–H groups in total. The van der Waals surface area contributed by atoms with Crippen LogP contribution in [-0.4, -0.2) is 64.9 Å². The summed E-state index contributed by atoms with van der Waals surface area (Å²) >= 11 is 0. The molecule has 0 radical (unpaired) electrons. The zero-order valence-corrected chi connectivity index (χ0v) is 23.3. The molecule has 0 spiro atoms. The third-order valence-corrected chi connectivity index (χ3v) is 8.28. The van der Waals surface area contributed by atoms with E-state index in [1.165, 1.54) is 7.11 Å². The van der Waals surface area contributed by atoms with Crippen molar-refractivity contribution in [1.29, 1.82) is 0 Å². The summed E-state index contributed by atoms with van der Waals surface area (Å²) in [5, 5.41) is 4.77. The number of nitrogens with one attached hydrogen (secondary N) is 2. The second kappa shape index (κ2) is 9.57. The highest BCUT2D eigenvalue weighted by Gasteiger charge is 2.51. The summed E-state index contributed by atoms with van der Waals surface area (Å²) in [6.45, 7) is 12.6. The first kappa shape index (κ1) is 26.5. The molecule has 2 aliphatic rings. The predicted octanol–water partition coefficient (Wildman–Crippen LogP) is 4.06. The number of fused-ring (bicyclic) bond motifs is 3. The van der Waals surface area contributed by atoms with E-state index in [1.807, 2.05) is 30.9 Å². The number of aromatic amines is 1. The van der Waals surface area contributed by atoms with Gasteiger partial charge in [0.2, 0.25) is 5.91 Å². The van der Waals surface area contributed by atoms with E-state index in [2.05, 4.69) is 56.2 Å². The molecule has 0 saturated carbocycles. The number of imidazole rings is 1. The van der Waals surface area contributed by atoms with Crippen molar-refractivity contribution in [2.75, 3.05) is 13.7 Å². The van der Waals surface area contributed by atoms with Gasteiger partial charge in [-0.15, -0.1) is 0 Å². The van der Waals surface area contributed by atoms with Gasteiger partial charge in [0.1, 0.15) is 11.9 Å². The maximum atomic E-state index is 13.5. The van der Waals surface area contributed by atoms with Crippen LogP contribution in [0.3, 0.4) is 0 Å². The van der Waals surface area contributed by atoms with E-state index in [1.54, 1.807) is 0 Å². The number of alkyl carbamates (subject to hydrolysis) is 1. The Kier molecular flexibility index (Phi) is 6.68. The maximum absolute atomic E-state index is 13.5. The lowest BCUT2D eigenvalue weighted by atomic mass is 9.78. The normalized spacial score (nSPS) is 21.4. The van der Waals surface area contributed by atoms with Gasteiger partial charge in [-0.1, -0.05) is 38.1 Å². The van der Waals surface area contributed by atoms with Gasteiger partial charge in [-0.05, 0) is 63.4 Å². The molecule has 9 nitrogen and oxygen atoms in total. The van der Waals surface area contributed by atoms with Crippen LogP contribution in [0, 0.1) is 5.92 Å². The zero-order valence-electron chi connectivity index (χ0n) is 23.3. The number of amides is 2. The van der Waals surface area contributed by atoms with Crippen molar-refractivity contribution in [3.05, 3.63) is 36.2 Å². The van der Waals surface area contributed by atoms with E-state index in [-0.39, 0.29) is 17.9 Å². The topological polar surface area (TPSA) is 106 Å². The highest BCUT2D eigenvalue weighted by Crippen LogP contribution is 2.37. The molecule has 3 heterocycles. The Balaban J connectivity index is 1.44. The van der Waals surface area contributed by atoms with Gasteiger partial charge in [0, 0.05) is 11.9 Å². The van der Waals surface area contributed by atoms with Crippen molar-refractivity contribution in [3.63, 3.8) is 0 Å². The molecule has 202 valence electrons. The Labute approximate surface area is 223 Å². The fraction of sp³-hybridized carbons (Fsp3) is 0.536. The Morgan fingerprint density at radius 1 is 1.16 bits per heavy atom. The first-order valence-electron chi connectivity index (χ1n) is 13.3. The van der Waals surface area contributed by atoms with E-state index in [0.29, 0.717) is 6.54 Å². The lowest BCUT2D eigenvalue weighted by Gasteiger charge is -2.32. The largest absolute Gasteiger partial charge is 0.494 e. The van der Waals surface area contributed by atoms with Crippen LogP contribution in [-0.2, 0) is 18.8 Å². The molecule has 38 heavy (non-hydrogen) atoms. The van der Waals surface area contributed by atoms with Gasteiger partial charge < -0.3 is 29.2 Å². The maximum Gasteiger partial charge on any atom is 0.494 e. The number of carbonyl (C=O) groups is 2. The van der Waals surface area contributed by atoms with E-state index >= 15 is 0 Å². The molecule has 10 heteroatoms. The third kappa shape index (κ3) is 4.54. The Bertz CT molecular complexity index is 1370. The van der Waals surface area contributed by atoms with Crippen LogP contribution < -0.4 is 10.8 Å². The van der Waals surface area contributed by atoms with Gasteiger partial charge in [-0.25, -0.2) is 9.78 Å². The molecular formula is C28H37BN4O5. The highest BCUT2D eigenvalue weighted by atomic mass is 16.7. The average molecular weight is 520 g/mol. The molecule has 2 saturated heterocycles. The summed E-state index contributed by atoms with van der Waals surface area (Å²) in [5.74, 6) is 0.555. The van der Waals surface area contributed by atoms with Crippen molar-refractivity contribution < 1.29 is 23.6 Å².